The van der Waals surface area contributed by atoms with Crippen LogP contribution in [-0.2, 0) is 0 Å². The Kier molecular flexibility index (Phi) is 3.89. The number of nitrogens with one attached hydrogen (secondary N) is 1. The van der Waals surface area contributed by atoms with Crippen LogP contribution in [-0.4, -0.2) is 4.98 Å². The number of hydrogen-bond donors (Lipinski definition) is 1. The van der Waals surface area contributed by atoms with E-state index in [9.17, 15) is 0 Å². The van der Waals surface area contributed by atoms with Gasteiger partial charge in [0, 0.05) is 24.4 Å². The predicted octanol–water partition coefficient (Wildman–Crippen LogP) is 6.24. The molecule has 3 aromatic rings. The molecular weight excluding hydrogens is 266 g/mol. The van der Waals surface area contributed by atoms with E-state index in [-0.39, 0.29) is 1.43 Å². The normalized spacial score (nSPS) is 13.5. The van der Waals surface area contributed by atoms with Crippen LogP contribution in [0.2, 0.25) is 0 Å². The van der Waals surface area contributed by atoms with Crippen molar-refractivity contribution in [3.63, 3.8) is 0 Å². The Balaban J connectivity index is 0.00000192. The summed E-state index contributed by atoms with van der Waals surface area (Å²) in [5.41, 5.74) is 7.95. The standard InChI is InChI=1S/C21H23N.H2/c1-14-9-10-18(11-15(14)2)17(4)16(3)12-19-13-22-21-8-6-5-7-20(19)21;/h5-13,17,22H,1-4H3;1H. The second-order valence-corrected chi connectivity index (χ2v) is 6.24. The van der Waals surface area contributed by atoms with Gasteiger partial charge in [-0.25, -0.2) is 0 Å². The number of aromatic nitrogens is 1. The fourth-order valence-corrected chi connectivity index (χ4v) is 2.88. The van der Waals surface area contributed by atoms with E-state index in [0.29, 0.717) is 5.92 Å². The topological polar surface area (TPSA) is 15.8 Å². The van der Waals surface area contributed by atoms with E-state index >= 15 is 0 Å². The Labute approximate surface area is 134 Å². The van der Waals surface area contributed by atoms with E-state index in [1.54, 1.807) is 0 Å². The van der Waals surface area contributed by atoms with Crippen LogP contribution in [0.25, 0.3) is 17.0 Å². The highest BCUT2D eigenvalue weighted by Crippen LogP contribution is 2.28. The zero-order valence-electron chi connectivity index (χ0n) is 13.8. The number of allylic oxidation sites excluding steroid dienone is 1. The summed E-state index contributed by atoms with van der Waals surface area (Å²) in [5.74, 6) is 0.424. The van der Waals surface area contributed by atoms with Crippen LogP contribution in [0.5, 0.6) is 0 Å². The number of aromatic amines is 1. The third-order valence-electron chi connectivity index (χ3n) is 4.72. The van der Waals surface area contributed by atoms with Gasteiger partial charge in [0.25, 0.3) is 0 Å². The summed E-state index contributed by atoms with van der Waals surface area (Å²) < 4.78 is 0. The fourth-order valence-electron chi connectivity index (χ4n) is 2.88. The molecule has 1 heterocycles. The molecule has 1 atom stereocenters. The van der Waals surface area contributed by atoms with Crippen molar-refractivity contribution in [2.45, 2.75) is 33.6 Å². The van der Waals surface area contributed by atoms with Gasteiger partial charge in [-0.05, 0) is 49.1 Å². The van der Waals surface area contributed by atoms with Gasteiger partial charge in [-0.15, -0.1) is 0 Å². The zero-order valence-corrected chi connectivity index (χ0v) is 13.8. The smallest absolute Gasteiger partial charge is 0.0460 e. The van der Waals surface area contributed by atoms with Crippen molar-refractivity contribution in [2.24, 2.45) is 0 Å². The van der Waals surface area contributed by atoms with Crippen molar-refractivity contribution in [2.75, 3.05) is 0 Å². The number of aryl methyl sites for hydroxylation is 2. The number of benzene rings is 2. The second kappa shape index (κ2) is 5.84. The molecule has 0 spiro atoms. The monoisotopic (exact) mass is 291 g/mol. The maximum Gasteiger partial charge on any atom is 0.0460 e. The van der Waals surface area contributed by atoms with E-state index in [2.05, 4.69) is 87.4 Å². The molecule has 0 aliphatic rings. The minimum absolute atomic E-state index is 0. The highest BCUT2D eigenvalue weighted by Gasteiger charge is 2.10. The first-order chi connectivity index (χ1) is 10.6. The van der Waals surface area contributed by atoms with Crippen LogP contribution in [0.4, 0.5) is 0 Å². The minimum atomic E-state index is 0. The highest BCUT2D eigenvalue weighted by molar-refractivity contribution is 5.89. The number of fused-ring (bicyclic) bond motifs is 1. The highest BCUT2D eigenvalue weighted by atomic mass is 14.7. The second-order valence-electron chi connectivity index (χ2n) is 6.24. The van der Waals surface area contributed by atoms with E-state index in [4.69, 9.17) is 0 Å². The van der Waals surface area contributed by atoms with Gasteiger partial charge in [-0.3, -0.25) is 0 Å². The lowest BCUT2D eigenvalue weighted by molar-refractivity contribution is 0.898. The number of H-pyrrole nitrogens is 1. The molecule has 1 aromatic heterocycles. The Morgan fingerprint density at radius 2 is 1.86 bits per heavy atom. The molecule has 0 bridgehead atoms. The Hall–Kier alpha value is -2.28. The van der Waals surface area contributed by atoms with Crippen LogP contribution in [0, 0.1) is 13.8 Å². The predicted molar refractivity (Wildman–Crippen MR) is 98.4 cm³/mol. The average molecular weight is 291 g/mol. The average Bonchev–Trinajstić information content (AvgIpc) is 2.92. The Morgan fingerprint density at radius 3 is 2.64 bits per heavy atom. The lowest BCUT2D eigenvalue weighted by Gasteiger charge is -2.14. The molecule has 22 heavy (non-hydrogen) atoms. The van der Waals surface area contributed by atoms with Crippen molar-refractivity contribution in [1.29, 1.82) is 0 Å². The summed E-state index contributed by atoms with van der Waals surface area (Å²) in [4.78, 5) is 3.34. The van der Waals surface area contributed by atoms with E-state index in [1.807, 2.05) is 0 Å². The molecule has 0 saturated heterocycles. The molecule has 1 heteroatoms. The van der Waals surface area contributed by atoms with Gasteiger partial charge in [0.2, 0.25) is 0 Å². The minimum Gasteiger partial charge on any atom is -0.361 e. The van der Waals surface area contributed by atoms with Gasteiger partial charge >= 0.3 is 0 Å². The first-order valence-electron chi connectivity index (χ1n) is 7.87. The van der Waals surface area contributed by atoms with Crippen LogP contribution >= 0.6 is 0 Å². The quantitative estimate of drug-likeness (QED) is 0.588. The van der Waals surface area contributed by atoms with Gasteiger partial charge in [0.1, 0.15) is 0 Å². The summed E-state index contributed by atoms with van der Waals surface area (Å²) >= 11 is 0. The molecule has 1 nitrogen and oxygen atoms in total. The molecule has 0 fully saturated rings. The fraction of sp³-hybridized carbons (Fsp3) is 0.238. The van der Waals surface area contributed by atoms with Gasteiger partial charge in [0.15, 0.2) is 0 Å². The van der Waals surface area contributed by atoms with E-state index < -0.39 is 0 Å². The van der Waals surface area contributed by atoms with Gasteiger partial charge in [0.05, 0.1) is 0 Å². The summed E-state index contributed by atoms with van der Waals surface area (Å²) in [6, 6.07) is 15.2. The van der Waals surface area contributed by atoms with Gasteiger partial charge in [-0.2, -0.15) is 0 Å². The molecule has 0 saturated carbocycles. The Bertz CT molecular complexity index is 842. The molecule has 1 N–H and O–H groups in total. The maximum absolute atomic E-state index is 3.34. The number of hydrogen-bond acceptors (Lipinski definition) is 0. The van der Waals surface area contributed by atoms with Gasteiger partial charge in [-0.1, -0.05) is 55.0 Å². The molecule has 1 unspecified atom stereocenters. The molecule has 0 amide bonds. The third-order valence-corrected chi connectivity index (χ3v) is 4.72. The van der Waals surface area contributed by atoms with Crippen LogP contribution in [0.1, 0.15) is 43.4 Å². The third kappa shape index (κ3) is 2.71. The number of rotatable bonds is 3. The lowest BCUT2D eigenvalue weighted by atomic mass is 9.90. The molecule has 0 aliphatic carbocycles. The van der Waals surface area contributed by atoms with Crippen LogP contribution < -0.4 is 0 Å². The maximum atomic E-state index is 3.34. The summed E-state index contributed by atoms with van der Waals surface area (Å²) in [6.45, 7) is 8.86. The van der Waals surface area contributed by atoms with E-state index in [1.165, 1.54) is 38.7 Å². The van der Waals surface area contributed by atoms with Gasteiger partial charge < -0.3 is 4.98 Å². The first-order valence-corrected chi connectivity index (χ1v) is 7.87. The van der Waals surface area contributed by atoms with Crippen molar-refractivity contribution in [3.8, 4) is 0 Å². The van der Waals surface area contributed by atoms with Crippen molar-refractivity contribution < 1.29 is 1.43 Å². The van der Waals surface area contributed by atoms with Crippen molar-refractivity contribution in [3.05, 3.63) is 76.5 Å². The SMILES string of the molecule is CC(=Cc1c[nH]c2ccccc12)C(C)c1ccc(C)c(C)c1.[HH]. The number of para-hydroxylation sites is 1. The van der Waals surface area contributed by atoms with Crippen LogP contribution in [0.3, 0.4) is 0 Å². The first kappa shape index (κ1) is 14.6. The largest absolute Gasteiger partial charge is 0.361 e. The zero-order chi connectivity index (χ0) is 15.7. The molecule has 3 rings (SSSR count). The van der Waals surface area contributed by atoms with E-state index in [0.717, 1.165) is 0 Å². The van der Waals surface area contributed by atoms with Crippen molar-refractivity contribution >= 4 is 17.0 Å². The molecular formula is C21H25N. The molecule has 114 valence electrons. The summed E-state index contributed by atoms with van der Waals surface area (Å²) in [6.07, 6.45) is 4.40. The van der Waals surface area contributed by atoms with Crippen molar-refractivity contribution in [1.82, 2.24) is 4.98 Å². The lowest BCUT2D eigenvalue weighted by Crippen LogP contribution is -1.96. The Morgan fingerprint density at radius 1 is 1.09 bits per heavy atom. The van der Waals surface area contributed by atoms with Crippen LogP contribution in [0.15, 0.2) is 54.2 Å². The summed E-state index contributed by atoms with van der Waals surface area (Å²) in [7, 11) is 0. The molecule has 0 aliphatic heterocycles. The molecule has 2 aromatic carbocycles. The molecule has 0 radical (unpaired) electrons. The summed E-state index contributed by atoms with van der Waals surface area (Å²) in [5, 5.41) is 1.29.